The Morgan fingerprint density at radius 2 is 1.25 bits per heavy atom. The molecule has 0 aliphatic rings. The zero-order valence-electron chi connectivity index (χ0n) is 18.6. The van der Waals surface area contributed by atoms with Crippen molar-refractivity contribution in [3.8, 4) is 0 Å². The van der Waals surface area contributed by atoms with Crippen LogP contribution in [-0.2, 0) is 4.57 Å². The summed E-state index contributed by atoms with van der Waals surface area (Å²) in [5.74, 6) is 0. The smallest absolute Gasteiger partial charge is 0.362 e. The lowest BCUT2D eigenvalue weighted by Gasteiger charge is -2.35. The summed E-state index contributed by atoms with van der Waals surface area (Å²) in [5.41, 5.74) is 0. The molecule has 0 heterocycles. The molecule has 0 aromatic carbocycles. The Morgan fingerprint density at radius 3 is 1.75 bits per heavy atom. The van der Waals surface area contributed by atoms with Crippen LogP contribution in [-0.4, -0.2) is 52.4 Å². The van der Waals surface area contributed by atoms with Crippen LogP contribution < -0.4 is 0 Å². The minimum atomic E-state index is -4.58. The number of hydrogen-bond acceptors (Lipinski definition) is 2. The zero-order valence-corrected chi connectivity index (χ0v) is 19.5. The SMILES string of the molecule is CCCCCCCC/C=C\CCC/C=C\CCC(O)(C[N+](C)(C)C)P(=O)(O)O. The Kier molecular flexibility index (Phi) is 14.3. The van der Waals surface area contributed by atoms with Crippen LogP contribution in [0.25, 0.3) is 0 Å². The maximum absolute atomic E-state index is 11.7. The molecule has 28 heavy (non-hydrogen) atoms. The second-order valence-electron chi connectivity index (χ2n) is 8.94. The summed E-state index contributed by atoms with van der Waals surface area (Å²) >= 11 is 0. The summed E-state index contributed by atoms with van der Waals surface area (Å²) in [6.07, 6.45) is 21.3. The third kappa shape index (κ3) is 14.5. The van der Waals surface area contributed by atoms with Crippen LogP contribution in [0.5, 0.6) is 0 Å². The molecule has 0 aromatic heterocycles. The highest BCUT2D eigenvalue weighted by Crippen LogP contribution is 2.52. The van der Waals surface area contributed by atoms with Gasteiger partial charge in [0.25, 0.3) is 0 Å². The topological polar surface area (TPSA) is 77.8 Å². The zero-order chi connectivity index (χ0) is 21.5. The van der Waals surface area contributed by atoms with Crippen molar-refractivity contribution in [3.05, 3.63) is 24.3 Å². The summed E-state index contributed by atoms with van der Waals surface area (Å²) in [6.45, 7) is 2.26. The number of unbranched alkanes of at least 4 members (excludes halogenated alkanes) is 8. The van der Waals surface area contributed by atoms with Crippen LogP contribution in [0.15, 0.2) is 24.3 Å². The summed E-state index contributed by atoms with van der Waals surface area (Å²) < 4.78 is 12.0. The maximum Gasteiger partial charge on any atom is 0.362 e. The van der Waals surface area contributed by atoms with Crippen LogP contribution >= 0.6 is 7.60 Å². The van der Waals surface area contributed by atoms with Gasteiger partial charge >= 0.3 is 7.60 Å². The number of nitrogens with zero attached hydrogens (tertiary/aromatic N) is 1. The first kappa shape index (κ1) is 27.5. The third-order valence-electron chi connectivity index (χ3n) is 4.78. The van der Waals surface area contributed by atoms with Gasteiger partial charge in [-0.3, -0.25) is 4.57 Å². The van der Waals surface area contributed by atoms with E-state index < -0.39 is 12.9 Å². The van der Waals surface area contributed by atoms with E-state index in [1.165, 1.54) is 44.9 Å². The van der Waals surface area contributed by atoms with Crippen molar-refractivity contribution in [2.45, 2.75) is 89.3 Å². The van der Waals surface area contributed by atoms with Gasteiger partial charge in [-0.15, -0.1) is 0 Å². The Bertz CT molecular complexity index is 493. The molecular weight excluding hydrogens is 373 g/mol. The molecule has 166 valence electrons. The van der Waals surface area contributed by atoms with Gasteiger partial charge in [0.2, 0.25) is 5.34 Å². The fraction of sp³-hybridized carbons (Fsp3) is 0.818. The van der Waals surface area contributed by atoms with Gasteiger partial charge in [-0.05, 0) is 44.9 Å². The van der Waals surface area contributed by atoms with Gasteiger partial charge in [0.05, 0.1) is 21.1 Å². The van der Waals surface area contributed by atoms with Gasteiger partial charge in [-0.2, -0.15) is 0 Å². The third-order valence-corrected chi connectivity index (χ3v) is 6.23. The van der Waals surface area contributed by atoms with Gasteiger partial charge in [0.1, 0.15) is 6.54 Å². The Balaban J connectivity index is 3.91. The number of allylic oxidation sites excluding steroid dienone is 4. The molecule has 0 amide bonds. The highest BCUT2D eigenvalue weighted by atomic mass is 31.2. The molecule has 0 bridgehead atoms. The molecule has 0 aliphatic carbocycles. The number of rotatable bonds is 17. The minimum absolute atomic E-state index is 0.0223. The predicted molar refractivity (Wildman–Crippen MR) is 119 cm³/mol. The molecule has 0 aromatic rings. The first-order chi connectivity index (χ1) is 13.0. The molecule has 0 rings (SSSR count). The predicted octanol–water partition coefficient (Wildman–Crippen LogP) is 5.37. The van der Waals surface area contributed by atoms with Crippen molar-refractivity contribution < 1.29 is 23.9 Å². The minimum Gasteiger partial charge on any atom is -0.373 e. The van der Waals surface area contributed by atoms with Crippen LogP contribution in [0.3, 0.4) is 0 Å². The standard InChI is InChI=1S/C22H44NO4P/c1-5-6-7-8-9-10-11-12-13-14-15-16-17-18-19-20-22(24,28(25,26)27)21-23(2,3)4/h12-13,17-18,24H,5-11,14-16,19-21H2,1-4H3,(H-,25,26,27)/p+1/b13-12-,18-17-. The number of quaternary nitrogens is 1. The number of hydrogen-bond donors (Lipinski definition) is 3. The fourth-order valence-corrected chi connectivity index (χ4v) is 4.29. The monoisotopic (exact) mass is 418 g/mol. The highest BCUT2D eigenvalue weighted by Gasteiger charge is 2.48. The second kappa shape index (κ2) is 14.5. The van der Waals surface area contributed by atoms with E-state index in [9.17, 15) is 19.5 Å². The molecule has 1 atom stereocenters. The average Bonchev–Trinajstić information content (AvgIpc) is 2.56. The largest absolute Gasteiger partial charge is 0.373 e. The van der Waals surface area contributed by atoms with Crippen LogP contribution in [0.4, 0.5) is 0 Å². The number of aliphatic hydroxyl groups is 1. The lowest BCUT2D eigenvalue weighted by molar-refractivity contribution is -0.875. The molecule has 0 radical (unpaired) electrons. The second-order valence-corrected chi connectivity index (χ2v) is 10.9. The molecule has 3 N–H and O–H groups in total. The van der Waals surface area contributed by atoms with Crippen LogP contribution in [0.1, 0.15) is 84.0 Å². The molecule has 0 saturated heterocycles. The molecule has 0 spiro atoms. The Morgan fingerprint density at radius 1 is 0.786 bits per heavy atom. The van der Waals surface area contributed by atoms with E-state index in [4.69, 9.17) is 0 Å². The van der Waals surface area contributed by atoms with Gasteiger partial charge < -0.3 is 19.4 Å². The first-order valence-corrected chi connectivity index (χ1v) is 12.5. The average molecular weight is 419 g/mol. The summed E-state index contributed by atoms with van der Waals surface area (Å²) in [5, 5.41) is 8.50. The molecule has 6 heteroatoms. The Hall–Kier alpha value is -0.450. The molecule has 5 nitrogen and oxygen atoms in total. The van der Waals surface area contributed by atoms with E-state index in [-0.39, 0.29) is 13.0 Å². The lowest BCUT2D eigenvalue weighted by atomic mass is 10.1. The Labute approximate surface area is 173 Å². The first-order valence-electron chi connectivity index (χ1n) is 10.9. The van der Waals surface area contributed by atoms with E-state index in [1.807, 2.05) is 33.3 Å². The van der Waals surface area contributed by atoms with Crippen molar-refractivity contribution in [2.75, 3.05) is 27.7 Å². The molecule has 1 unspecified atom stereocenters. The van der Waals surface area contributed by atoms with E-state index >= 15 is 0 Å². The maximum atomic E-state index is 11.7. The number of likely N-dealkylation sites (N-methyl/N-ethyl adjacent to an activating group) is 1. The van der Waals surface area contributed by atoms with Crippen molar-refractivity contribution in [1.82, 2.24) is 0 Å². The lowest BCUT2D eigenvalue weighted by Crippen LogP contribution is -2.49. The molecule has 0 fully saturated rings. The quantitative estimate of drug-likeness (QED) is 0.128. The van der Waals surface area contributed by atoms with Gasteiger partial charge in [0, 0.05) is 0 Å². The fourth-order valence-electron chi connectivity index (χ4n) is 3.26. The van der Waals surface area contributed by atoms with Crippen LogP contribution in [0.2, 0.25) is 0 Å². The van der Waals surface area contributed by atoms with E-state index in [0.717, 1.165) is 19.3 Å². The summed E-state index contributed by atoms with van der Waals surface area (Å²) in [6, 6.07) is 0. The summed E-state index contributed by atoms with van der Waals surface area (Å²) in [7, 11) is 0.872. The van der Waals surface area contributed by atoms with E-state index in [0.29, 0.717) is 10.9 Å². The van der Waals surface area contributed by atoms with E-state index in [2.05, 4.69) is 19.1 Å². The summed E-state index contributed by atoms with van der Waals surface area (Å²) in [4.78, 5) is 19.1. The normalized spacial score (nSPS) is 15.5. The van der Waals surface area contributed by atoms with Gasteiger partial charge in [0.15, 0.2) is 0 Å². The van der Waals surface area contributed by atoms with Crippen molar-refractivity contribution in [2.24, 2.45) is 0 Å². The molecule has 0 aliphatic heterocycles. The van der Waals surface area contributed by atoms with Gasteiger partial charge in [-0.1, -0.05) is 63.3 Å². The molecule has 0 saturated carbocycles. The van der Waals surface area contributed by atoms with Crippen molar-refractivity contribution >= 4 is 7.60 Å². The highest BCUT2D eigenvalue weighted by molar-refractivity contribution is 7.53. The van der Waals surface area contributed by atoms with Crippen molar-refractivity contribution in [3.63, 3.8) is 0 Å². The van der Waals surface area contributed by atoms with Gasteiger partial charge in [-0.25, -0.2) is 0 Å². The van der Waals surface area contributed by atoms with E-state index in [1.54, 1.807) is 0 Å². The molecular formula is C22H45NO4P+. The van der Waals surface area contributed by atoms with Crippen molar-refractivity contribution in [1.29, 1.82) is 0 Å². The van der Waals surface area contributed by atoms with Crippen LogP contribution in [0, 0.1) is 0 Å².